The van der Waals surface area contributed by atoms with E-state index in [0.717, 1.165) is 21.8 Å². The van der Waals surface area contributed by atoms with Crippen molar-refractivity contribution in [3.05, 3.63) is 53.0 Å². The third-order valence-electron chi connectivity index (χ3n) is 5.21. The first-order valence-corrected chi connectivity index (χ1v) is 11.2. The predicted octanol–water partition coefficient (Wildman–Crippen LogP) is 4.11. The van der Waals surface area contributed by atoms with Crippen LogP contribution in [0.15, 0.2) is 48.0 Å². The Morgan fingerprint density at radius 1 is 1.10 bits per heavy atom. The first-order chi connectivity index (χ1) is 15.1. The van der Waals surface area contributed by atoms with Crippen LogP contribution in [0.5, 0.6) is 0 Å². The lowest BCUT2D eigenvalue weighted by Crippen LogP contribution is -2.50. The standard InChI is InChI=1S/C21H20ClN7OS/c1-13-11-30-12-14(2)28(13)21-23-10-17(19(24-21)18-4-3-9-31-18)20-25-26-27-29(20)16-7-5-15(22)6-8-16/h3-10,13-14H,11-12H2,1-2H3/t13-,14-/m1/s1. The Balaban J connectivity index is 1.64. The second-order valence-corrected chi connectivity index (χ2v) is 8.83. The maximum Gasteiger partial charge on any atom is 0.226 e. The predicted molar refractivity (Wildman–Crippen MR) is 121 cm³/mol. The number of morpholine rings is 1. The van der Waals surface area contributed by atoms with Crippen LogP contribution in [0, 0.1) is 0 Å². The van der Waals surface area contributed by atoms with E-state index in [1.807, 2.05) is 48.0 Å². The van der Waals surface area contributed by atoms with E-state index in [1.165, 1.54) is 0 Å². The van der Waals surface area contributed by atoms with Gasteiger partial charge in [0.2, 0.25) is 5.95 Å². The molecule has 0 unspecified atom stereocenters. The maximum absolute atomic E-state index is 6.04. The molecule has 0 amide bonds. The van der Waals surface area contributed by atoms with E-state index in [9.17, 15) is 0 Å². The Bertz CT molecular complexity index is 1170. The molecular weight excluding hydrogens is 434 g/mol. The van der Waals surface area contributed by atoms with Crippen LogP contribution in [0.3, 0.4) is 0 Å². The summed E-state index contributed by atoms with van der Waals surface area (Å²) in [6.07, 6.45) is 1.81. The Morgan fingerprint density at radius 2 is 1.87 bits per heavy atom. The number of ether oxygens (including phenoxy) is 1. The number of rotatable bonds is 4. The molecule has 2 atom stereocenters. The van der Waals surface area contributed by atoms with Gasteiger partial charge in [-0.1, -0.05) is 17.7 Å². The van der Waals surface area contributed by atoms with Crippen molar-refractivity contribution >= 4 is 28.9 Å². The van der Waals surface area contributed by atoms with Crippen molar-refractivity contribution in [3.63, 3.8) is 0 Å². The van der Waals surface area contributed by atoms with Crippen LogP contribution >= 0.6 is 22.9 Å². The normalized spacial score (nSPS) is 19.0. The van der Waals surface area contributed by atoms with Crippen LogP contribution in [0.4, 0.5) is 5.95 Å². The molecule has 0 saturated carbocycles. The van der Waals surface area contributed by atoms with E-state index in [1.54, 1.807) is 16.0 Å². The van der Waals surface area contributed by atoms with Crippen LogP contribution in [-0.4, -0.2) is 55.5 Å². The lowest BCUT2D eigenvalue weighted by atomic mass is 10.1. The first-order valence-electron chi connectivity index (χ1n) is 9.93. The number of anilines is 1. The van der Waals surface area contributed by atoms with Crippen molar-refractivity contribution in [3.8, 4) is 27.6 Å². The summed E-state index contributed by atoms with van der Waals surface area (Å²) in [4.78, 5) is 12.9. The molecule has 0 bridgehead atoms. The number of thiophene rings is 1. The summed E-state index contributed by atoms with van der Waals surface area (Å²) in [5.41, 5.74) is 2.37. The van der Waals surface area contributed by atoms with Crippen LogP contribution in [0.25, 0.3) is 27.6 Å². The largest absolute Gasteiger partial charge is 0.377 e. The highest BCUT2D eigenvalue weighted by Gasteiger charge is 2.29. The fraction of sp³-hybridized carbons (Fsp3) is 0.286. The van der Waals surface area contributed by atoms with Gasteiger partial charge in [0.25, 0.3) is 0 Å². The van der Waals surface area contributed by atoms with Crippen molar-refractivity contribution in [2.75, 3.05) is 18.1 Å². The van der Waals surface area contributed by atoms with E-state index in [0.29, 0.717) is 30.0 Å². The molecule has 4 heterocycles. The molecule has 1 aliphatic heterocycles. The molecule has 0 radical (unpaired) electrons. The zero-order chi connectivity index (χ0) is 21.4. The van der Waals surface area contributed by atoms with Crippen LogP contribution < -0.4 is 4.90 Å². The van der Waals surface area contributed by atoms with Gasteiger partial charge in [-0.25, -0.2) is 9.97 Å². The summed E-state index contributed by atoms with van der Waals surface area (Å²) >= 11 is 7.66. The molecule has 158 valence electrons. The molecule has 5 rings (SSSR count). The first kappa shape index (κ1) is 20.0. The lowest BCUT2D eigenvalue weighted by Gasteiger charge is -2.38. The molecule has 0 aliphatic carbocycles. The minimum atomic E-state index is 0.185. The van der Waals surface area contributed by atoms with Gasteiger partial charge in [0, 0.05) is 11.2 Å². The summed E-state index contributed by atoms with van der Waals surface area (Å²) in [5.74, 6) is 1.25. The summed E-state index contributed by atoms with van der Waals surface area (Å²) in [6, 6.07) is 11.8. The molecule has 0 spiro atoms. The number of hydrogen-bond acceptors (Lipinski definition) is 8. The third-order valence-corrected chi connectivity index (χ3v) is 6.34. The third kappa shape index (κ3) is 3.80. The second-order valence-electron chi connectivity index (χ2n) is 7.44. The van der Waals surface area contributed by atoms with Gasteiger partial charge in [0.15, 0.2) is 5.82 Å². The monoisotopic (exact) mass is 453 g/mol. The minimum absolute atomic E-state index is 0.185. The molecule has 0 N–H and O–H groups in total. The van der Waals surface area contributed by atoms with Crippen LogP contribution in [0.2, 0.25) is 5.02 Å². The summed E-state index contributed by atoms with van der Waals surface area (Å²) in [6.45, 7) is 5.55. The molecule has 1 aliphatic rings. The van der Waals surface area contributed by atoms with Crippen LogP contribution in [-0.2, 0) is 4.74 Å². The van der Waals surface area contributed by atoms with Crippen molar-refractivity contribution in [1.29, 1.82) is 0 Å². The van der Waals surface area contributed by atoms with Crippen molar-refractivity contribution in [2.24, 2.45) is 0 Å². The molecular formula is C21H20ClN7OS. The van der Waals surface area contributed by atoms with Crippen molar-refractivity contribution in [1.82, 2.24) is 30.2 Å². The zero-order valence-electron chi connectivity index (χ0n) is 17.0. The van der Waals surface area contributed by atoms with E-state index >= 15 is 0 Å². The number of benzene rings is 1. The summed E-state index contributed by atoms with van der Waals surface area (Å²) in [5, 5.41) is 15.1. The topological polar surface area (TPSA) is 81.9 Å². The fourth-order valence-electron chi connectivity index (χ4n) is 3.77. The van der Waals surface area contributed by atoms with Crippen LogP contribution in [0.1, 0.15) is 13.8 Å². The molecule has 10 heteroatoms. The highest BCUT2D eigenvalue weighted by atomic mass is 35.5. The average Bonchev–Trinajstić information content (AvgIpc) is 3.47. The average molecular weight is 454 g/mol. The van der Waals surface area contributed by atoms with Gasteiger partial charge in [-0.05, 0) is 60.0 Å². The second kappa shape index (κ2) is 8.33. The van der Waals surface area contributed by atoms with Gasteiger partial charge in [0.05, 0.1) is 47.1 Å². The summed E-state index contributed by atoms with van der Waals surface area (Å²) in [7, 11) is 0. The quantitative estimate of drug-likeness (QED) is 0.459. The molecule has 4 aromatic rings. The number of nitrogens with zero attached hydrogens (tertiary/aromatic N) is 7. The number of tetrazole rings is 1. The van der Waals surface area contributed by atoms with E-state index in [-0.39, 0.29) is 12.1 Å². The van der Waals surface area contributed by atoms with Gasteiger partial charge in [0.1, 0.15) is 0 Å². The molecule has 1 saturated heterocycles. The van der Waals surface area contributed by atoms with Gasteiger partial charge in [-0.3, -0.25) is 0 Å². The van der Waals surface area contributed by atoms with Gasteiger partial charge < -0.3 is 9.64 Å². The SMILES string of the molecule is C[C@@H]1COC[C@@H](C)N1c1ncc(-c2nnnn2-c2ccc(Cl)cc2)c(-c2cccs2)n1. The Hall–Kier alpha value is -2.88. The molecule has 1 aromatic carbocycles. The van der Waals surface area contributed by atoms with E-state index in [4.69, 9.17) is 26.3 Å². The fourth-order valence-corrected chi connectivity index (χ4v) is 4.63. The Kier molecular flexibility index (Phi) is 5.39. The summed E-state index contributed by atoms with van der Waals surface area (Å²) < 4.78 is 7.34. The number of halogens is 1. The van der Waals surface area contributed by atoms with E-state index < -0.39 is 0 Å². The Labute approximate surface area is 188 Å². The van der Waals surface area contributed by atoms with Gasteiger partial charge in [-0.15, -0.1) is 16.4 Å². The maximum atomic E-state index is 6.04. The lowest BCUT2D eigenvalue weighted by molar-refractivity contribution is 0.0747. The number of aromatic nitrogens is 6. The Morgan fingerprint density at radius 3 is 2.58 bits per heavy atom. The van der Waals surface area contributed by atoms with Crippen molar-refractivity contribution in [2.45, 2.75) is 25.9 Å². The number of hydrogen-bond donors (Lipinski definition) is 0. The van der Waals surface area contributed by atoms with E-state index in [2.05, 4.69) is 34.3 Å². The van der Waals surface area contributed by atoms with Gasteiger partial charge >= 0.3 is 0 Å². The molecule has 3 aromatic heterocycles. The molecule has 8 nitrogen and oxygen atoms in total. The zero-order valence-corrected chi connectivity index (χ0v) is 18.6. The van der Waals surface area contributed by atoms with Crippen molar-refractivity contribution < 1.29 is 4.74 Å². The molecule has 31 heavy (non-hydrogen) atoms. The van der Waals surface area contributed by atoms with Gasteiger partial charge in [-0.2, -0.15) is 4.68 Å². The highest BCUT2D eigenvalue weighted by Crippen LogP contribution is 2.34. The molecule has 1 fully saturated rings. The smallest absolute Gasteiger partial charge is 0.226 e. The highest BCUT2D eigenvalue weighted by molar-refractivity contribution is 7.13. The minimum Gasteiger partial charge on any atom is -0.377 e.